The van der Waals surface area contributed by atoms with Gasteiger partial charge in [-0.1, -0.05) is 6.92 Å². The molecule has 0 heterocycles. The van der Waals surface area contributed by atoms with E-state index in [1.54, 1.807) is 6.92 Å². The van der Waals surface area contributed by atoms with Crippen molar-refractivity contribution < 1.29 is 9.90 Å². The van der Waals surface area contributed by atoms with Gasteiger partial charge < -0.3 is 5.11 Å². The van der Waals surface area contributed by atoms with Crippen LogP contribution in [-0.4, -0.2) is 16.8 Å². The summed E-state index contributed by atoms with van der Waals surface area (Å²) in [6.07, 6.45) is 1.22. The summed E-state index contributed by atoms with van der Waals surface area (Å²) in [7, 11) is 0. The summed E-state index contributed by atoms with van der Waals surface area (Å²) in [4.78, 5) is 10.8. The number of aliphatic carboxylic acids is 1. The van der Waals surface area contributed by atoms with Crippen LogP contribution in [0.4, 0.5) is 0 Å². The van der Waals surface area contributed by atoms with Gasteiger partial charge in [0.05, 0.1) is 0 Å². The summed E-state index contributed by atoms with van der Waals surface area (Å²) < 4.78 is 0. The van der Waals surface area contributed by atoms with Crippen molar-refractivity contribution in [3.63, 3.8) is 0 Å². The van der Waals surface area contributed by atoms with Crippen LogP contribution in [0.2, 0.25) is 0 Å². The Morgan fingerprint density at radius 3 is 2.67 bits per heavy atom. The van der Waals surface area contributed by atoms with Crippen molar-refractivity contribution in [2.75, 3.05) is 5.75 Å². The Kier molecular flexibility index (Phi) is 4.22. The molecular weight excluding hydrogens is 136 g/mol. The number of thioether (sulfide) groups is 1. The summed E-state index contributed by atoms with van der Waals surface area (Å²) in [5, 5.41) is 8.22. The summed E-state index contributed by atoms with van der Waals surface area (Å²) in [5.74, 6) is 0.0590. The van der Waals surface area contributed by atoms with Gasteiger partial charge in [-0.05, 0) is 17.6 Å². The van der Waals surface area contributed by atoms with E-state index in [2.05, 4.69) is 0 Å². The highest BCUT2D eigenvalue weighted by atomic mass is 32.2. The molecule has 0 spiro atoms. The fraction of sp³-hybridized carbons (Fsp3) is 0.500. The van der Waals surface area contributed by atoms with E-state index in [9.17, 15) is 4.79 Å². The normalized spacial score (nSPS) is 11.6. The van der Waals surface area contributed by atoms with Gasteiger partial charge in [0.1, 0.15) is 0 Å². The molecule has 0 unspecified atom stereocenters. The molecule has 0 aromatic heterocycles. The maximum absolute atomic E-state index is 9.99. The topological polar surface area (TPSA) is 37.3 Å². The van der Waals surface area contributed by atoms with Gasteiger partial charge in [-0.2, -0.15) is 0 Å². The Bertz CT molecular complexity index is 129. The van der Waals surface area contributed by atoms with Gasteiger partial charge in [0, 0.05) is 6.08 Å². The zero-order chi connectivity index (χ0) is 7.28. The van der Waals surface area contributed by atoms with Crippen LogP contribution in [0.1, 0.15) is 13.8 Å². The Morgan fingerprint density at radius 2 is 2.33 bits per heavy atom. The molecule has 52 valence electrons. The maximum Gasteiger partial charge on any atom is 0.329 e. The number of allylic oxidation sites excluding steroid dienone is 1. The van der Waals surface area contributed by atoms with E-state index < -0.39 is 5.97 Å². The van der Waals surface area contributed by atoms with Crippen molar-refractivity contribution in [2.45, 2.75) is 13.8 Å². The number of hydrogen-bond donors (Lipinski definition) is 1. The van der Waals surface area contributed by atoms with Crippen molar-refractivity contribution in [3.8, 4) is 0 Å². The molecule has 0 bridgehead atoms. The predicted molar refractivity (Wildman–Crippen MR) is 39.5 cm³/mol. The third-order valence-corrected chi connectivity index (χ3v) is 1.56. The molecule has 0 atom stereocenters. The van der Waals surface area contributed by atoms with Crippen LogP contribution < -0.4 is 0 Å². The molecule has 0 aliphatic carbocycles. The molecular formula is C6H10O2S. The molecule has 0 aromatic rings. The minimum Gasteiger partial charge on any atom is -0.478 e. The van der Waals surface area contributed by atoms with Gasteiger partial charge in [0.25, 0.3) is 0 Å². The molecule has 0 saturated heterocycles. The van der Waals surface area contributed by atoms with Gasteiger partial charge in [-0.3, -0.25) is 0 Å². The van der Waals surface area contributed by atoms with Crippen LogP contribution in [-0.2, 0) is 4.79 Å². The fourth-order valence-corrected chi connectivity index (χ4v) is 1.08. The lowest BCUT2D eigenvalue weighted by atomic mass is 10.5. The summed E-state index contributed by atoms with van der Waals surface area (Å²) in [6, 6.07) is 0. The first-order valence-corrected chi connectivity index (χ1v) is 3.69. The molecule has 2 nitrogen and oxygen atoms in total. The molecule has 0 saturated carbocycles. The Balaban J connectivity index is 3.69. The van der Waals surface area contributed by atoms with Crippen molar-refractivity contribution in [1.29, 1.82) is 0 Å². The van der Waals surface area contributed by atoms with E-state index in [-0.39, 0.29) is 0 Å². The molecule has 0 radical (unpaired) electrons. The lowest BCUT2D eigenvalue weighted by molar-refractivity contribution is -0.131. The second-order valence-electron chi connectivity index (χ2n) is 1.53. The Labute approximate surface area is 59.0 Å². The van der Waals surface area contributed by atoms with E-state index >= 15 is 0 Å². The van der Waals surface area contributed by atoms with E-state index in [0.29, 0.717) is 0 Å². The first kappa shape index (κ1) is 8.56. The highest BCUT2D eigenvalue weighted by molar-refractivity contribution is 8.03. The van der Waals surface area contributed by atoms with Gasteiger partial charge in [0.15, 0.2) is 0 Å². The molecule has 0 amide bonds. The van der Waals surface area contributed by atoms with Crippen LogP contribution in [0.25, 0.3) is 0 Å². The molecule has 0 aliphatic heterocycles. The van der Waals surface area contributed by atoms with Crippen LogP contribution in [0.3, 0.4) is 0 Å². The van der Waals surface area contributed by atoms with Crippen molar-refractivity contribution >= 4 is 17.7 Å². The summed E-state index contributed by atoms with van der Waals surface area (Å²) >= 11 is 1.54. The monoisotopic (exact) mass is 146 g/mol. The fourth-order valence-electron chi connectivity index (χ4n) is 0.443. The predicted octanol–water partition coefficient (Wildman–Crippen LogP) is 1.73. The number of carboxylic acids is 1. The number of hydrogen-bond acceptors (Lipinski definition) is 2. The SMILES string of the molecule is CCSC(C)=CC(=O)O. The van der Waals surface area contributed by atoms with Gasteiger partial charge in [-0.15, -0.1) is 11.8 Å². The minimum absolute atomic E-state index is 0.852. The van der Waals surface area contributed by atoms with Crippen molar-refractivity contribution in [2.24, 2.45) is 0 Å². The lowest BCUT2D eigenvalue weighted by Crippen LogP contribution is -1.87. The zero-order valence-corrected chi connectivity index (χ0v) is 6.36. The average Bonchev–Trinajstić information content (AvgIpc) is 1.63. The number of rotatable bonds is 3. The molecule has 9 heavy (non-hydrogen) atoms. The van der Waals surface area contributed by atoms with E-state index in [0.717, 1.165) is 10.7 Å². The maximum atomic E-state index is 9.99. The van der Waals surface area contributed by atoms with Gasteiger partial charge in [0.2, 0.25) is 0 Å². The minimum atomic E-state index is -0.867. The third kappa shape index (κ3) is 5.43. The second kappa shape index (κ2) is 4.44. The standard InChI is InChI=1S/C6H10O2S/c1-3-9-5(2)4-6(7)8/h4H,3H2,1-2H3,(H,7,8). The summed E-state index contributed by atoms with van der Waals surface area (Å²) in [6.45, 7) is 3.78. The third-order valence-electron chi connectivity index (χ3n) is 0.699. The van der Waals surface area contributed by atoms with E-state index in [1.165, 1.54) is 17.8 Å². The van der Waals surface area contributed by atoms with Gasteiger partial charge in [-0.25, -0.2) is 4.79 Å². The van der Waals surface area contributed by atoms with Crippen LogP contribution in [0, 0.1) is 0 Å². The first-order valence-electron chi connectivity index (χ1n) is 2.70. The molecule has 0 rings (SSSR count). The highest BCUT2D eigenvalue weighted by Gasteiger charge is 1.91. The first-order chi connectivity index (χ1) is 4.16. The summed E-state index contributed by atoms with van der Waals surface area (Å²) in [5.41, 5.74) is 0. The van der Waals surface area contributed by atoms with E-state index in [1.807, 2.05) is 6.92 Å². The smallest absolute Gasteiger partial charge is 0.329 e. The molecule has 1 N–H and O–H groups in total. The highest BCUT2D eigenvalue weighted by Crippen LogP contribution is 2.12. The number of carbonyl (C=O) groups is 1. The quantitative estimate of drug-likeness (QED) is 0.616. The number of carboxylic acid groups (broad SMARTS) is 1. The van der Waals surface area contributed by atoms with Crippen LogP contribution in [0.15, 0.2) is 11.0 Å². The molecule has 0 aliphatic rings. The molecule has 3 heteroatoms. The van der Waals surface area contributed by atoms with E-state index in [4.69, 9.17) is 5.11 Å². The van der Waals surface area contributed by atoms with Crippen LogP contribution >= 0.6 is 11.8 Å². The molecule has 0 aromatic carbocycles. The van der Waals surface area contributed by atoms with Crippen LogP contribution in [0.5, 0.6) is 0 Å². The average molecular weight is 146 g/mol. The largest absolute Gasteiger partial charge is 0.478 e. The van der Waals surface area contributed by atoms with Crippen molar-refractivity contribution in [1.82, 2.24) is 0 Å². The zero-order valence-electron chi connectivity index (χ0n) is 5.55. The Morgan fingerprint density at radius 1 is 1.78 bits per heavy atom. The van der Waals surface area contributed by atoms with Gasteiger partial charge >= 0.3 is 5.97 Å². The Hall–Kier alpha value is -0.440. The lowest BCUT2D eigenvalue weighted by Gasteiger charge is -1.92. The second-order valence-corrected chi connectivity index (χ2v) is 3.04. The van der Waals surface area contributed by atoms with Crippen molar-refractivity contribution in [3.05, 3.63) is 11.0 Å². The molecule has 0 fully saturated rings.